The van der Waals surface area contributed by atoms with Crippen molar-refractivity contribution in [2.45, 2.75) is 57.3 Å². The Morgan fingerprint density at radius 2 is 2.18 bits per heavy atom. The van der Waals surface area contributed by atoms with Gasteiger partial charge in [0.15, 0.2) is 0 Å². The van der Waals surface area contributed by atoms with Gasteiger partial charge in [0.1, 0.15) is 17.8 Å². The van der Waals surface area contributed by atoms with Gasteiger partial charge in [0.2, 0.25) is 6.23 Å². The quantitative estimate of drug-likeness (QED) is 0.789. The van der Waals surface area contributed by atoms with Crippen LogP contribution >= 0.6 is 0 Å². The number of ketones is 1. The third-order valence-electron chi connectivity index (χ3n) is 5.15. The Labute approximate surface area is 130 Å². The van der Waals surface area contributed by atoms with Crippen LogP contribution in [-0.2, 0) is 9.53 Å². The summed E-state index contributed by atoms with van der Waals surface area (Å²) >= 11 is 0. The first kappa shape index (κ1) is 15.4. The molecule has 120 valence electrons. The van der Waals surface area contributed by atoms with E-state index in [4.69, 9.17) is 10.5 Å². The van der Waals surface area contributed by atoms with Gasteiger partial charge < -0.3 is 10.5 Å². The smallest absolute Gasteiger partial charge is 0.383 e. The van der Waals surface area contributed by atoms with Crippen molar-refractivity contribution in [3.05, 3.63) is 12.3 Å². The fourth-order valence-corrected chi connectivity index (χ4v) is 3.30. The molecule has 0 aromatic heterocycles. The van der Waals surface area contributed by atoms with Gasteiger partial charge in [-0.2, -0.15) is 4.48 Å². The van der Waals surface area contributed by atoms with Gasteiger partial charge in [-0.3, -0.25) is 4.79 Å². The predicted molar refractivity (Wildman–Crippen MR) is 81.8 cm³/mol. The molecule has 0 aromatic rings. The van der Waals surface area contributed by atoms with Gasteiger partial charge in [0.25, 0.3) is 0 Å². The lowest BCUT2D eigenvalue weighted by molar-refractivity contribution is -0.830. The van der Waals surface area contributed by atoms with E-state index in [1.165, 1.54) is 6.42 Å². The molecule has 1 saturated carbocycles. The zero-order valence-corrected chi connectivity index (χ0v) is 13.0. The molecule has 2 heterocycles. The van der Waals surface area contributed by atoms with E-state index in [0.29, 0.717) is 18.1 Å². The van der Waals surface area contributed by atoms with Crippen LogP contribution in [-0.4, -0.2) is 41.5 Å². The van der Waals surface area contributed by atoms with Gasteiger partial charge in [0, 0.05) is 24.8 Å². The van der Waals surface area contributed by atoms with Crippen molar-refractivity contribution in [1.29, 1.82) is 0 Å². The van der Waals surface area contributed by atoms with Crippen molar-refractivity contribution >= 4 is 17.6 Å². The predicted octanol–water partition coefficient (Wildman–Crippen LogP) is 2.09. The van der Waals surface area contributed by atoms with E-state index in [1.54, 1.807) is 19.3 Å². The third-order valence-corrected chi connectivity index (χ3v) is 5.15. The molecule has 0 spiro atoms. The molecule has 22 heavy (non-hydrogen) atoms. The van der Waals surface area contributed by atoms with Gasteiger partial charge >= 0.3 is 6.03 Å². The summed E-state index contributed by atoms with van der Waals surface area (Å²) in [4.78, 5) is 27.9. The molecule has 0 bridgehead atoms. The molecule has 2 amide bonds. The third kappa shape index (κ3) is 2.85. The van der Waals surface area contributed by atoms with Crippen molar-refractivity contribution in [2.24, 2.45) is 16.6 Å². The van der Waals surface area contributed by atoms with E-state index in [1.807, 2.05) is 0 Å². The highest BCUT2D eigenvalue weighted by molar-refractivity contribution is 5.99. The SMILES string of the molecule is C[N+]1(C2CCC(CCC(=O)C3CCC3)O2)C=CC(N)=NC1=O. The van der Waals surface area contributed by atoms with Crippen molar-refractivity contribution in [1.82, 2.24) is 0 Å². The molecule has 2 fully saturated rings. The minimum atomic E-state index is -0.295. The lowest BCUT2D eigenvalue weighted by atomic mass is 9.80. The van der Waals surface area contributed by atoms with Gasteiger partial charge in [-0.15, -0.1) is 4.99 Å². The van der Waals surface area contributed by atoms with Crippen LogP contribution in [0.4, 0.5) is 4.79 Å². The largest absolute Gasteiger partial charge is 0.451 e. The highest BCUT2D eigenvalue weighted by Gasteiger charge is 2.45. The molecular formula is C16H24N3O3+. The van der Waals surface area contributed by atoms with E-state index < -0.39 is 0 Å². The van der Waals surface area contributed by atoms with Crippen LogP contribution in [0.15, 0.2) is 17.3 Å². The highest BCUT2D eigenvalue weighted by atomic mass is 16.5. The first-order valence-electron chi connectivity index (χ1n) is 8.11. The minimum absolute atomic E-state index is 0.00771. The number of Topliss-reactive ketones (excluding diaryl/α,β-unsaturated/α-hetero) is 1. The Kier molecular flexibility index (Phi) is 4.14. The van der Waals surface area contributed by atoms with Crippen LogP contribution in [0.25, 0.3) is 0 Å². The average Bonchev–Trinajstić information content (AvgIpc) is 2.89. The standard InChI is InChI=1S/C16H23N3O3/c1-19(10-9-14(17)18-16(19)21)15-8-6-12(22-15)5-7-13(20)11-3-2-4-11/h9-12,15H,2-8H2,1H3,(H-,17,18,21)/p+1. The fraction of sp³-hybridized carbons (Fsp3) is 0.688. The van der Waals surface area contributed by atoms with Gasteiger partial charge in [-0.1, -0.05) is 6.42 Å². The molecule has 2 aliphatic heterocycles. The summed E-state index contributed by atoms with van der Waals surface area (Å²) in [5, 5.41) is 0. The molecule has 3 rings (SSSR count). The molecule has 1 aliphatic carbocycles. The van der Waals surface area contributed by atoms with Gasteiger partial charge in [-0.05, 0) is 25.7 Å². The van der Waals surface area contributed by atoms with Crippen molar-refractivity contribution in [3.8, 4) is 0 Å². The lowest BCUT2D eigenvalue weighted by Gasteiger charge is -2.32. The summed E-state index contributed by atoms with van der Waals surface area (Å²) in [6, 6.07) is -0.295. The minimum Gasteiger partial charge on any atom is -0.383 e. The first-order valence-corrected chi connectivity index (χ1v) is 8.11. The number of rotatable bonds is 5. The Bertz CT molecular complexity index is 539. The summed E-state index contributed by atoms with van der Waals surface area (Å²) < 4.78 is 6.04. The summed E-state index contributed by atoms with van der Waals surface area (Å²) in [5.74, 6) is 0.914. The van der Waals surface area contributed by atoms with Crippen molar-refractivity contribution in [2.75, 3.05) is 7.05 Å². The number of nitrogens with zero attached hydrogens (tertiary/aromatic N) is 2. The normalized spacial score (nSPS) is 35.3. The van der Waals surface area contributed by atoms with E-state index in [9.17, 15) is 9.59 Å². The number of hydrogen-bond acceptors (Lipinski definition) is 4. The second-order valence-corrected chi connectivity index (χ2v) is 6.71. The Balaban J connectivity index is 1.52. The monoisotopic (exact) mass is 306 g/mol. The maximum atomic E-state index is 12.1. The number of nitrogens with two attached hydrogens (primary N) is 1. The average molecular weight is 306 g/mol. The van der Waals surface area contributed by atoms with E-state index in [2.05, 4.69) is 4.99 Å². The number of ether oxygens (including phenoxy) is 1. The van der Waals surface area contributed by atoms with Crippen LogP contribution in [0, 0.1) is 5.92 Å². The second kappa shape index (κ2) is 5.93. The second-order valence-electron chi connectivity index (χ2n) is 6.71. The Morgan fingerprint density at radius 1 is 1.41 bits per heavy atom. The first-order chi connectivity index (χ1) is 10.5. The fourth-order valence-electron chi connectivity index (χ4n) is 3.30. The number of amides is 2. The number of urea groups is 1. The molecule has 1 saturated heterocycles. The van der Waals surface area contributed by atoms with Gasteiger partial charge in [-0.25, -0.2) is 4.79 Å². The number of quaternary nitrogens is 1. The molecule has 0 aromatic carbocycles. The van der Waals surface area contributed by atoms with Crippen LogP contribution in [0.5, 0.6) is 0 Å². The van der Waals surface area contributed by atoms with Crippen LogP contribution < -0.4 is 5.73 Å². The number of carbonyl (C=O) groups excluding carboxylic acids is 2. The number of amidine groups is 1. The topological polar surface area (TPSA) is 81.8 Å². The summed E-state index contributed by atoms with van der Waals surface area (Å²) in [7, 11) is 1.79. The summed E-state index contributed by atoms with van der Waals surface area (Å²) in [6.07, 6.45) is 9.57. The molecular weight excluding hydrogens is 282 g/mol. The number of carbonyl (C=O) groups is 2. The van der Waals surface area contributed by atoms with Crippen molar-refractivity contribution < 1.29 is 18.8 Å². The molecule has 6 nitrogen and oxygen atoms in total. The Hall–Kier alpha value is -1.53. The maximum Gasteiger partial charge on any atom is 0.451 e. The van der Waals surface area contributed by atoms with Crippen molar-refractivity contribution in [3.63, 3.8) is 0 Å². The molecule has 3 unspecified atom stereocenters. The maximum absolute atomic E-state index is 12.1. The Morgan fingerprint density at radius 3 is 2.82 bits per heavy atom. The van der Waals surface area contributed by atoms with E-state index in [-0.39, 0.29) is 28.7 Å². The van der Waals surface area contributed by atoms with Crippen LogP contribution in [0.1, 0.15) is 44.9 Å². The molecule has 2 N–H and O–H groups in total. The zero-order chi connectivity index (χ0) is 15.7. The van der Waals surface area contributed by atoms with Crippen LogP contribution in [0.3, 0.4) is 0 Å². The summed E-state index contributed by atoms with van der Waals surface area (Å²) in [6.45, 7) is 0. The molecule has 6 heteroatoms. The zero-order valence-electron chi connectivity index (χ0n) is 13.0. The summed E-state index contributed by atoms with van der Waals surface area (Å²) in [5.41, 5.74) is 5.55. The van der Waals surface area contributed by atoms with E-state index >= 15 is 0 Å². The van der Waals surface area contributed by atoms with E-state index in [0.717, 1.165) is 32.1 Å². The lowest BCUT2D eigenvalue weighted by Crippen LogP contribution is -2.53. The van der Waals surface area contributed by atoms with Gasteiger partial charge in [0.05, 0.1) is 13.2 Å². The molecule has 3 aliphatic rings. The number of hydrogen-bond donors (Lipinski definition) is 1. The number of aliphatic imine (C=N–C) groups is 1. The molecule has 3 atom stereocenters. The molecule has 0 radical (unpaired) electrons. The highest BCUT2D eigenvalue weighted by Crippen LogP contribution is 2.33. The van der Waals surface area contributed by atoms with Crippen LogP contribution in [0.2, 0.25) is 0 Å².